The van der Waals surface area contributed by atoms with Crippen LogP contribution >= 0.6 is 0 Å². The van der Waals surface area contributed by atoms with E-state index in [0.29, 0.717) is 12.1 Å². The number of rotatable bonds is 9. The summed E-state index contributed by atoms with van der Waals surface area (Å²) >= 11 is 0. The number of aromatic nitrogens is 2. The Morgan fingerprint density at radius 3 is 2.95 bits per heavy atom. The molecule has 0 radical (unpaired) electrons. The zero-order chi connectivity index (χ0) is 14.2. The molecule has 0 aromatic carbocycles. The highest BCUT2D eigenvalue weighted by molar-refractivity contribution is 5.02. The van der Waals surface area contributed by atoms with Gasteiger partial charge in [-0.15, -0.1) is 0 Å². The Bertz CT molecular complexity index is 364. The third-order valence-electron chi connectivity index (χ3n) is 4.17. The molecule has 1 aliphatic carbocycles. The third-order valence-corrected chi connectivity index (χ3v) is 4.17. The van der Waals surface area contributed by atoms with E-state index in [2.05, 4.69) is 29.2 Å². The van der Waals surface area contributed by atoms with Crippen LogP contribution in [0.1, 0.15) is 57.2 Å². The Hall–Kier alpha value is -0.870. The van der Waals surface area contributed by atoms with Crippen molar-refractivity contribution in [1.29, 1.82) is 0 Å². The van der Waals surface area contributed by atoms with E-state index in [0.717, 1.165) is 26.0 Å². The Kier molecular flexibility index (Phi) is 6.54. The monoisotopic (exact) mass is 279 g/mol. The Balaban J connectivity index is 1.87. The van der Waals surface area contributed by atoms with Gasteiger partial charge in [0.1, 0.15) is 0 Å². The van der Waals surface area contributed by atoms with Crippen LogP contribution in [0.25, 0.3) is 0 Å². The van der Waals surface area contributed by atoms with Gasteiger partial charge in [0.2, 0.25) is 0 Å². The highest BCUT2D eigenvalue weighted by atomic mass is 16.5. The topological polar surface area (TPSA) is 39.1 Å². The first kappa shape index (κ1) is 15.5. The van der Waals surface area contributed by atoms with Crippen molar-refractivity contribution in [2.24, 2.45) is 0 Å². The minimum Gasteiger partial charge on any atom is -0.385 e. The molecule has 1 aromatic heterocycles. The number of methoxy groups -OCH3 is 1. The summed E-state index contributed by atoms with van der Waals surface area (Å²) in [7, 11) is 1.77. The molecular weight excluding hydrogens is 250 g/mol. The standard InChI is InChI=1S/C16H29N3O/c1-3-10-17-14(9-12-20-2)13-15-8-11-19(18-15)16-6-4-5-7-16/h8,11,14,16-17H,3-7,9-10,12-13H2,1-2H3. The predicted molar refractivity (Wildman–Crippen MR) is 82.0 cm³/mol. The summed E-state index contributed by atoms with van der Waals surface area (Å²) in [4.78, 5) is 0. The largest absolute Gasteiger partial charge is 0.385 e. The number of hydrogen-bond acceptors (Lipinski definition) is 3. The molecule has 0 saturated heterocycles. The second kappa shape index (κ2) is 8.42. The zero-order valence-corrected chi connectivity index (χ0v) is 13.0. The summed E-state index contributed by atoms with van der Waals surface area (Å²) in [5.74, 6) is 0. The van der Waals surface area contributed by atoms with Crippen LogP contribution in [0.4, 0.5) is 0 Å². The van der Waals surface area contributed by atoms with Crippen molar-refractivity contribution < 1.29 is 4.74 Å². The van der Waals surface area contributed by atoms with Gasteiger partial charge in [0.15, 0.2) is 0 Å². The van der Waals surface area contributed by atoms with Gasteiger partial charge < -0.3 is 10.1 Å². The molecule has 1 N–H and O–H groups in total. The molecule has 1 unspecified atom stereocenters. The van der Waals surface area contributed by atoms with Crippen LogP contribution in [0.3, 0.4) is 0 Å². The van der Waals surface area contributed by atoms with Gasteiger partial charge in [0, 0.05) is 32.4 Å². The van der Waals surface area contributed by atoms with Crippen molar-refractivity contribution >= 4 is 0 Å². The third kappa shape index (κ3) is 4.60. The molecule has 114 valence electrons. The fourth-order valence-electron chi connectivity index (χ4n) is 3.00. The lowest BCUT2D eigenvalue weighted by atomic mass is 10.1. The first-order valence-corrected chi connectivity index (χ1v) is 8.09. The first-order valence-electron chi connectivity index (χ1n) is 8.09. The van der Waals surface area contributed by atoms with Gasteiger partial charge in [-0.25, -0.2) is 0 Å². The highest BCUT2D eigenvalue weighted by Crippen LogP contribution is 2.28. The van der Waals surface area contributed by atoms with Gasteiger partial charge in [-0.2, -0.15) is 5.10 Å². The fourth-order valence-corrected chi connectivity index (χ4v) is 3.00. The van der Waals surface area contributed by atoms with Crippen LogP contribution in [0, 0.1) is 0 Å². The maximum Gasteiger partial charge on any atom is 0.0640 e. The minimum atomic E-state index is 0.474. The molecule has 1 fully saturated rings. The van der Waals surface area contributed by atoms with Gasteiger partial charge >= 0.3 is 0 Å². The summed E-state index contributed by atoms with van der Waals surface area (Å²) in [6, 6.07) is 3.30. The van der Waals surface area contributed by atoms with Crippen LogP contribution in [0.5, 0.6) is 0 Å². The molecule has 20 heavy (non-hydrogen) atoms. The van der Waals surface area contributed by atoms with Gasteiger partial charge in [-0.05, 0) is 38.3 Å². The number of ether oxygens (including phenoxy) is 1. The van der Waals surface area contributed by atoms with Crippen molar-refractivity contribution in [3.05, 3.63) is 18.0 Å². The lowest BCUT2D eigenvalue weighted by molar-refractivity contribution is 0.182. The quantitative estimate of drug-likeness (QED) is 0.755. The molecule has 2 rings (SSSR count). The van der Waals surface area contributed by atoms with E-state index in [-0.39, 0.29) is 0 Å². The molecular formula is C16H29N3O. The van der Waals surface area contributed by atoms with E-state index in [1.807, 2.05) is 0 Å². The first-order chi connectivity index (χ1) is 9.83. The van der Waals surface area contributed by atoms with Crippen molar-refractivity contribution in [3.8, 4) is 0 Å². The lowest BCUT2D eigenvalue weighted by Gasteiger charge is -2.17. The van der Waals surface area contributed by atoms with E-state index in [1.54, 1.807) is 7.11 Å². The molecule has 0 spiro atoms. The maximum absolute atomic E-state index is 5.21. The van der Waals surface area contributed by atoms with Crippen LogP contribution in [0.2, 0.25) is 0 Å². The SMILES string of the molecule is CCCNC(CCOC)Cc1ccn(C2CCCC2)n1. The Morgan fingerprint density at radius 1 is 1.45 bits per heavy atom. The smallest absolute Gasteiger partial charge is 0.0640 e. The molecule has 1 atom stereocenters. The second-order valence-corrected chi connectivity index (χ2v) is 5.86. The molecule has 0 aliphatic heterocycles. The zero-order valence-electron chi connectivity index (χ0n) is 13.0. The molecule has 4 heteroatoms. The summed E-state index contributed by atoms with van der Waals surface area (Å²) in [5.41, 5.74) is 1.21. The van der Waals surface area contributed by atoms with E-state index in [9.17, 15) is 0 Å². The molecule has 4 nitrogen and oxygen atoms in total. The van der Waals surface area contributed by atoms with Crippen LogP contribution in [-0.2, 0) is 11.2 Å². The van der Waals surface area contributed by atoms with E-state index >= 15 is 0 Å². The van der Waals surface area contributed by atoms with Crippen molar-refractivity contribution in [3.63, 3.8) is 0 Å². The Labute approximate surface area is 122 Å². The van der Waals surface area contributed by atoms with Crippen molar-refractivity contribution in [2.45, 2.75) is 64.0 Å². The van der Waals surface area contributed by atoms with Gasteiger partial charge in [-0.3, -0.25) is 4.68 Å². The summed E-state index contributed by atoms with van der Waals surface area (Å²) in [6.45, 7) is 4.08. The minimum absolute atomic E-state index is 0.474. The lowest BCUT2D eigenvalue weighted by Crippen LogP contribution is -2.33. The Morgan fingerprint density at radius 2 is 2.25 bits per heavy atom. The number of nitrogens with one attached hydrogen (secondary N) is 1. The molecule has 1 saturated carbocycles. The normalized spacial score (nSPS) is 17.7. The van der Waals surface area contributed by atoms with Crippen molar-refractivity contribution in [1.82, 2.24) is 15.1 Å². The predicted octanol–water partition coefficient (Wildman–Crippen LogP) is 2.95. The number of hydrogen-bond donors (Lipinski definition) is 1. The van der Waals surface area contributed by atoms with Gasteiger partial charge in [-0.1, -0.05) is 19.8 Å². The molecule has 0 amide bonds. The average molecular weight is 279 g/mol. The van der Waals surface area contributed by atoms with Crippen molar-refractivity contribution in [2.75, 3.05) is 20.3 Å². The average Bonchev–Trinajstić information content (AvgIpc) is 3.12. The maximum atomic E-state index is 5.21. The van der Waals surface area contributed by atoms with E-state index in [4.69, 9.17) is 9.84 Å². The fraction of sp³-hybridized carbons (Fsp3) is 0.812. The molecule has 0 bridgehead atoms. The van der Waals surface area contributed by atoms with Crippen LogP contribution in [-0.4, -0.2) is 36.1 Å². The van der Waals surface area contributed by atoms with E-state index in [1.165, 1.54) is 37.8 Å². The summed E-state index contributed by atoms with van der Waals surface area (Å²) in [6.07, 6.45) is 10.7. The second-order valence-electron chi connectivity index (χ2n) is 5.86. The van der Waals surface area contributed by atoms with Crippen LogP contribution < -0.4 is 5.32 Å². The summed E-state index contributed by atoms with van der Waals surface area (Å²) in [5, 5.41) is 8.39. The summed E-state index contributed by atoms with van der Waals surface area (Å²) < 4.78 is 7.40. The highest BCUT2D eigenvalue weighted by Gasteiger charge is 2.18. The van der Waals surface area contributed by atoms with Gasteiger partial charge in [0.05, 0.1) is 11.7 Å². The molecule has 1 aliphatic rings. The number of nitrogens with zero attached hydrogens (tertiary/aromatic N) is 2. The molecule has 1 heterocycles. The van der Waals surface area contributed by atoms with Gasteiger partial charge in [0.25, 0.3) is 0 Å². The van der Waals surface area contributed by atoms with E-state index < -0.39 is 0 Å². The van der Waals surface area contributed by atoms with Crippen LogP contribution in [0.15, 0.2) is 12.3 Å². The molecule has 1 aromatic rings.